The number of carbonyl (C=O) groups is 1. The van der Waals surface area contributed by atoms with Gasteiger partial charge in [0.2, 0.25) is 5.91 Å². The monoisotopic (exact) mass is 376 g/mol. The first-order valence-electron chi connectivity index (χ1n) is 9.41. The standard InChI is InChI=1S/C20H29ClN4O/c1-3-10-24-20(26)15-25(4-2)13-6-5-11-22-18-9-12-23-19-14-16(21)7-8-17(18)19/h7-9,12,14H,3-6,10-11,13,15H2,1-2H3,(H,22,23)(H,24,26). The molecule has 5 nitrogen and oxygen atoms in total. The molecule has 26 heavy (non-hydrogen) atoms. The highest BCUT2D eigenvalue weighted by atomic mass is 35.5. The minimum absolute atomic E-state index is 0.119. The number of pyridine rings is 1. The van der Waals surface area contributed by atoms with Crippen molar-refractivity contribution >= 4 is 34.1 Å². The van der Waals surface area contributed by atoms with Gasteiger partial charge >= 0.3 is 0 Å². The third-order valence-corrected chi connectivity index (χ3v) is 4.54. The number of amides is 1. The van der Waals surface area contributed by atoms with Gasteiger partial charge in [0, 0.05) is 35.4 Å². The van der Waals surface area contributed by atoms with Crippen molar-refractivity contribution in [2.75, 3.05) is 38.0 Å². The Hall–Kier alpha value is -1.85. The predicted molar refractivity (Wildman–Crippen MR) is 110 cm³/mol. The number of rotatable bonds is 11. The molecular weight excluding hydrogens is 348 g/mol. The van der Waals surface area contributed by atoms with Crippen LogP contribution >= 0.6 is 11.6 Å². The van der Waals surface area contributed by atoms with E-state index in [0.29, 0.717) is 11.6 Å². The van der Waals surface area contributed by atoms with Crippen molar-refractivity contribution in [3.63, 3.8) is 0 Å². The van der Waals surface area contributed by atoms with Crippen molar-refractivity contribution in [3.8, 4) is 0 Å². The lowest BCUT2D eigenvalue weighted by Gasteiger charge is -2.19. The van der Waals surface area contributed by atoms with Crippen molar-refractivity contribution in [3.05, 3.63) is 35.5 Å². The highest BCUT2D eigenvalue weighted by Crippen LogP contribution is 2.24. The average molecular weight is 377 g/mol. The molecule has 0 radical (unpaired) electrons. The van der Waals surface area contributed by atoms with Gasteiger partial charge < -0.3 is 10.6 Å². The van der Waals surface area contributed by atoms with E-state index < -0.39 is 0 Å². The van der Waals surface area contributed by atoms with E-state index in [2.05, 4.69) is 34.4 Å². The molecule has 0 fully saturated rings. The molecule has 2 rings (SSSR count). The van der Waals surface area contributed by atoms with Crippen LogP contribution in [0.1, 0.15) is 33.1 Å². The fourth-order valence-corrected chi connectivity index (χ4v) is 3.00. The average Bonchev–Trinajstić information content (AvgIpc) is 2.64. The molecule has 0 atom stereocenters. The first-order valence-corrected chi connectivity index (χ1v) is 9.79. The number of unbranched alkanes of at least 4 members (excludes halogenated alkanes) is 1. The highest BCUT2D eigenvalue weighted by Gasteiger charge is 2.08. The van der Waals surface area contributed by atoms with Crippen LogP contribution in [0.15, 0.2) is 30.5 Å². The van der Waals surface area contributed by atoms with E-state index in [1.807, 2.05) is 24.3 Å². The van der Waals surface area contributed by atoms with Crippen LogP contribution in [0.5, 0.6) is 0 Å². The van der Waals surface area contributed by atoms with Gasteiger partial charge in [0.15, 0.2) is 0 Å². The number of anilines is 1. The largest absolute Gasteiger partial charge is 0.384 e. The summed E-state index contributed by atoms with van der Waals surface area (Å²) in [5.74, 6) is 0.119. The number of carbonyl (C=O) groups excluding carboxylic acids is 1. The number of halogens is 1. The zero-order chi connectivity index (χ0) is 18.8. The summed E-state index contributed by atoms with van der Waals surface area (Å²) < 4.78 is 0. The Balaban J connectivity index is 1.74. The topological polar surface area (TPSA) is 57.3 Å². The van der Waals surface area contributed by atoms with Crippen LogP contribution in [-0.2, 0) is 4.79 Å². The first-order chi connectivity index (χ1) is 12.6. The molecule has 0 saturated heterocycles. The Kier molecular flexibility index (Phi) is 8.65. The molecule has 0 aliphatic heterocycles. The quantitative estimate of drug-likeness (QED) is 0.583. The molecule has 2 N–H and O–H groups in total. The van der Waals surface area contributed by atoms with Crippen molar-refractivity contribution in [2.45, 2.75) is 33.1 Å². The third kappa shape index (κ3) is 6.46. The molecule has 1 aromatic carbocycles. The van der Waals surface area contributed by atoms with E-state index in [0.717, 1.165) is 62.0 Å². The number of nitrogens with zero attached hydrogens (tertiary/aromatic N) is 2. The van der Waals surface area contributed by atoms with Crippen molar-refractivity contribution in [1.29, 1.82) is 0 Å². The molecule has 142 valence electrons. The summed E-state index contributed by atoms with van der Waals surface area (Å²) in [6, 6.07) is 7.76. The van der Waals surface area contributed by atoms with Crippen LogP contribution in [0.4, 0.5) is 5.69 Å². The van der Waals surface area contributed by atoms with Crippen LogP contribution in [0.2, 0.25) is 5.02 Å². The van der Waals surface area contributed by atoms with Crippen LogP contribution in [0.25, 0.3) is 10.9 Å². The lowest BCUT2D eigenvalue weighted by molar-refractivity contribution is -0.122. The maximum atomic E-state index is 11.8. The maximum Gasteiger partial charge on any atom is 0.234 e. The molecular formula is C20H29ClN4O. The molecule has 0 aliphatic rings. The molecule has 0 bridgehead atoms. The Morgan fingerprint density at radius 3 is 2.81 bits per heavy atom. The van der Waals surface area contributed by atoms with Gasteiger partial charge in [0.1, 0.15) is 0 Å². The normalized spacial score (nSPS) is 11.1. The SMILES string of the molecule is CCCNC(=O)CN(CC)CCCCNc1ccnc2cc(Cl)ccc12. The zero-order valence-corrected chi connectivity index (χ0v) is 16.5. The highest BCUT2D eigenvalue weighted by molar-refractivity contribution is 6.31. The zero-order valence-electron chi connectivity index (χ0n) is 15.7. The van der Waals surface area contributed by atoms with E-state index in [1.54, 1.807) is 6.20 Å². The van der Waals surface area contributed by atoms with Gasteiger partial charge in [-0.15, -0.1) is 0 Å². The summed E-state index contributed by atoms with van der Waals surface area (Å²) >= 11 is 6.03. The van der Waals surface area contributed by atoms with Crippen LogP contribution in [-0.4, -0.2) is 48.5 Å². The first kappa shape index (κ1) is 20.5. The fourth-order valence-electron chi connectivity index (χ4n) is 2.83. The maximum absolute atomic E-state index is 11.8. The van der Waals surface area contributed by atoms with Gasteiger partial charge in [-0.25, -0.2) is 0 Å². The van der Waals surface area contributed by atoms with Gasteiger partial charge in [-0.1, -0.05) is 25.4 Å². The summed E-state index contributed by atoms with van der Waals surface area (Å²) in [7, 11) is 0. The second-order valence-electron chi connectivity index (χ2n) is 6.37. The van der Waals surface area contributed by atoms with Gasteiger partial charge in [-0.05, 0) is 56.6 Å². The molecule has 0 spiro atoms. The van der Waals surface area contributed by atoms with E-state index in [9.17, 15) is 4.79 Å². The molecule has 6 heteroatoms. The molecule has 0 unspecified atom stereocenters. The molecule has 1 heterocycles. The van der Waals surface area contributed by atoms with E-state index in [4.69, 9.17) is 11.6 Å². The van der Waals surface area contributed by atoms with Crippen LogP contribution in [0.3, 0.4) is 0 Å². The minimum atomic E-state index is 0.119. The Morgan fingerprint density at radius 1 is 1.19 bits per heavy atom. The van der Waals surface area contributed by atoms with Gasteiger partial charge in [0.05, 0.1) is 12.1 Å². The van der Waals surface area contributed by atoms with E-state index in [-0.39, 0.29) is 5.91 Å². The fraction of sp³-hybridized carbons (Fsp3) is 0.500. The van der Waals surface area contributed by atoms with Gasteiger partial charge in [0.25, 0.3) is 0 Å². The van der Waals surface area contributed by atoms with Crippen molar-refractivity contribution in [1.82, 2.24) is 15.2 Å². The van der Waals surface area contributed by atoms with E-state index >= 15 is 0 Å². The number of nitrogens with one attached hydrogen (secondary N) is 2. The number of benzene rings is 1. The lowest BCUT2D eigenvalue weighted by atomic mass is 10.2. The summed E-state index contributed by atoms with van der Waals surface area (Å²) in [6.45, 7) is 8.12. The number of hydrogen-bond acceptors (Lipinski definition) is 4. The van der Waals surface area contributed by atoms with Crippen LogP contribution in [0, 0.1) is 0 Å². The summed E-state index contributed by atoms with van der Waals surface area (Å²) in [5, 5.41) is 8.20. The number of likely N-dealkylation sites (N-methyl/N-ethyl adjacent to an activating group) is 1. The van der Waals surface area contributed by atoms with Gasteiger partial charge in [-0.3, -0.25) is 14.7 Å². The molecule has 1 aromatic heterocycles. The Bertz CT molecular complexity index is 707. The smallest absolute Gasteiger partial charge is 0.234 e. The molecule has 2 aromatic rings. The predicted octanol–water partition coefficient (Wildman–Crippen LogP) is 3.93. The van der Waals surface area contributed by atoms with Crippen LogP contribution < -0.4 is 10.6 Å². The third-order valence-electron chi connectivity index (χ3n) is 4.31. The molecule has 0 saturated carbocycles. The molecule has 0 aliphatic carbocycles. The number of fused-ring (bicyclic) bond motifs is 1. The Morgan fingerprint density at radius 2 is 2.04 bits per heavy atom. The lowest BCUT2D eigenvalue weighted by Crippen LogP contribution is -2.38. The summed E-state index contributed by atoms with van der Waals surface area (Å²) in [6.07, 6.45) is 4.87. The summed E-state index contributed by atoms with van der Waals surface area (Å²) in [5.41, 5.74) is 1.98. The molecule has 1 amide bonds. The van der Waals surface area contributed by atoms with Crippen molar-refractivity contribution in [2.24, 2.45) is 0 Å². The number of hydrogen-bond donors (Lipinski definition) is 2. The minimum Gasteiger partial charge on any atom is -0.384 e. The van der Waals surface area contributed by atoms with Gasteiger partial charge in [-0.2, -0.15) is 0 Å². The van der Waals surface area contributed by atoms with E-state index in [1.165, 1.54) is 0 Å². The second kappa shape index (κ2) is 11.0. The summed E-state index contributed by atoms with van der Waals surface area (Å²) in [4.78, 5) is 18.4. The second-order valence-corrected chi connectivity index (χ2v) is 6.81. The van der Waals surface area contributed by atoms with Crippen molar-refractivity contribution < 1.29 is 4.79 Å². The number of aromatic nitrogens is 1. The Labute approximate surface area is 161 Å².